The fourth-order valence-electron chi connectivity index (χ4n) is 1.54. The van der Waals surface area contributed by atoms with E-state index < -0.39 is 0 Å². The van der Waals surface area contributed by atoms with E-state index in [1.165, 1.54) is 0 Å². The fraction of sp³-hybridized carbons (Fsp3) is 0.250. The van der Waals surface area contributed by atoms with Crippen LogP contribution in [-0.2, 0) is 4.79 Å². The Morgan fingerprint density at radius 2 is 2.27 bits per heavy atom. The molecule has 2 unspecified atom stereocenters. The highest BCUT2D eigenvalue weighted by molar-refractivity contribution is 5.77. The molecule has 0 heterocycles. The Balaban J connectivity index is 3.02. The van der Waals surface area contributed by atoms with Gasteiger partial charge in [-0.3, -0.25) is 4.79 Å². The van der Waals surface area contributed by atoms with Crippen LogP contribution in [0.4, 0.5) is 0 Å². The Bertz CT molecular complexity index is 374. The molecule has 0 aliphatic heterocycles. The third-order valence-corrected chi connectivity index (χ3v) is 2.50. The zero-order valence-electron chi connectivity index (χ0n) is 8.68. The van der Waals surface area contributed by atoms with Crippen LogP contribution in [0.15, 0.2) is 36.9 Å². The molecule has 2 atom stereocenters. The molecule has 0 saturated carbocycles. The van der Waals surface area contributed by atoms with E-state index in [1.54, 1.807) is 31.2 Å². The molecular weight excluding hydrogens is 190 g/mol. The summed E-state index contributed by atoms with van der Waals surface area (Å²) in [5, 5.41) is 9.33. The number of carbonyl (C=O) groups is 1. The van der Waals surface area contributed by atoms with Gasteiger partial charge < -0.3 is 10.8 Å². The number of hydrogen-bond acceptors (Lipinski definition) is 2. The first-order valence-electron chi connectivity index (χ1n) is 4.77. The van der Waals surface area contributed by atoms with Gasteiger partial charge >= 0.3 is 0 Å². The van der Waals surface area contributed by atoms with Crippen molar-refractivity contribution in [3.63, 3.8) is 0 Å². The summed E-state index contributed by atoms with van der Waals surface area (Å²) in [6.07, 6.45) is 1.67. The van der Waals surface area contributed by atoms with Crippen LogP contribution in [0.3, 0.4) is 0 Å². The number of aromatic hydroxyl groups is 1. The summed E-state index contributed by atoms with van der Waals surface area (Å²) in [7, 11) is 0. The van der Waals surface area contributed by atoms with Crippen molar-refractivity contribution in [2.24, 2.45) is 11.7 Å². The van der Waals surface area contributed by atoms with Crippen molar-refractivity contribution in [1.82, 2.24) is 0 Å². The lowest BCUT2D eigenvalue weighted by Crippen LogP contribution is -2.25. The fourth-order valence-corrected chi connectivity index (χ4v) is 1.54. The predicted octanol–water partition coefficient (Wildman–Crippen LogP) is 1.78. The second-order valence-electron chi connectivity index (χ2n) is 3.55. The molecule has 0 bridgehead atoms. The standard InChI is InChI=1S/C12H15NO2/c1-3-11(8(2)12(13)15)9-5-4-6-10(14)7-9/h3-8,11,14H,1H2,2H3,(H2,13,15). The van der Waals surface area contributed by atoms with Crippen LogP contribution in [0.2, 0.25) is 0 Å². The van der Waals surface area contributed by atoms with Gasteiger partial charge in [-0.2, -0.15) is 0 Å². The van der Waals surface area contributed by atoms with E-state index in [9.17, 15) is 9.90 Å². The van der Waals surface area contributed by atoms with Gasteiger partial charge in [-0.25, -0.2) is 0 Å². The Morgan fingerprint density at radius 3 is 2.73 bits per heavy atom. The number of carbonyl (C=O) groups excluding carboxylic acids is 1. The van der Waals surface area contributed by atoms with Crippen molar-refractivity contribution in [2.75, 3.05) is 0 Å². The second-order valence-corrected chi connectivity index (χ2v) is 3.55. The normalized spacial score (nSPS) is 14.2. The Hall–Kier alpha value is -1.77. The highest BCUT2D eigenvalue weighted by atomic mass is 16.3. The molecule has 0 aliphatic carbocycles. The quantitative estimate of drug-likeness (QED) is 0.736. The van der Waals surface area contributed by atoms with E-state index in [1.807, 2.05) is 6.07 Å². The van der Waals surface area contributed by atoms with Crippen LogP contribution >= 0.6 is 0 Å². The lowest BCUT2D eigenvalue weighted by Gasteiger charge is -2.18. The first-order valence-corrected chi connectivity index (χ1v) is 4.77. The number of phenolic OH excluding ortho intramolecular Hbond substituents is 1. The summed E-state index contributed by atoms with van der Waals surface area (Å²) in [6, 6.07) is 6.77. The molecule has 0 saturated heterocycles. The zero-order valence-corrected chi connectivity index (χ0v) is 8.68. The van der Waals surface area contributed by atoms with Crippen molar-refractivity contribution < 1.29 is 9.90 Å². The van der Waals surface area contributed by atoms with E-state index >= 15 is 0 Å². The van der Waals surface area contributed by atoms with E-state index in [2.05, 4.69) is 6.58 Å². The summed E-state index contributed by atoms with van der Waals surface area (Å²) in [4.78, 5) is 11.1. The molecule has 0 radical (unpaired) electrons. The number of phenols is 1. The maximum Gasteiger partial charge on any atom is 0.221 e. The molecular formula is C12H15NO2. The maximum atomic E-state index is 11.1. The molecule has 0 fully saturated rings. The molecule has 3 nitrogen and oxygen atoms in total. The highest BCUT2D eigenvalue weighted by Crippen LogP contribution is 2.27. The second kappa shape index (κ2) is 4.64. The van der Waals surface area contributed by atoms with Gasteiger partial charge in [-0.1, -0.05) is 25.1 Å². The van der Waals surface area contributed by atoms with Gasteiger partial charge in [-0.05, 0) is 17.7 Å². The minimum Gasteiger partial charge on any atom is -0.508 e. The molecule has 15 heavy (non-hydrogen) atoms. The van der Waals surface area contributed by atoms with Crippen LogP contribution in [0, 0.1) is 5.92 Å². The summed E-state index contributed by atoms with van der Waals surface area (Å²) in [5.74, 6) is -0.682. The van der Waals surface area contributed by atoms with Crippen LogP contribution < -0.4 is 5.73 Å². The summed E-state index contributed by atoms with van der Waals surface area (Å²) < 4.78 is 0. The molecule has 3 N–H and O–H groups in total. The molecule has 0 aliphatic rings. The molecule has 0 spiro atoms. The SMILES string of the molecule is C=CC(c1cccc(O)c1)C(C)C(N)=O. The molecule has 1 rings (SSSR count). The zero-order chi connectivity index (χ0) is 11.4. The third-order valence-electron chi connectivity index (χ3n) is 2.50. The minimum atomic E-state index is -0.372. The average Bonchev–Trinajstić information content (AvgIpc) is 2.18. The Morgan fingerprint density at radius 1 is 1.60 bits per heavy atom. The van der Waals surface area contributed by atoms with Crippen molar-refractivity contribution in [1.29, 1.82) is 0 Å². The number of primary amides is 1. The van der Waals surface area contributed by atoms with Crippen LogP contribution in [-0.4, -0.2) is 11.0 Å². The number of amides is 1. The smallest absolute Gasteiger partial charge is 0.221 e. The summed E-state index contributed by atoms with van der Waals surface area (Å²) in [5.41, 5.74) is 6.08. The van der Waals surface area contributed by atoms with E-state index in [0.29, 0.717) is 0 Å². The molecule has 1 aromatic carbocycles. The Kier molecular flexibility index (Phi) is 3.50. The van der Waals surface area contributed by atoms with E-state index in [-0.39, 0.29) is 23.5 Å². The van der Waals surface area contributed by atoms with E-state index in [0.717, 1.165) is 5.56 Å². The predicted molar refractivity (Wildman–Crippen MR) is 59.4 cm³/mol. The van der Waals surface area contributed by atoms with Gasteiger partial charge in [0.25, 0.3) is 0 Å². The first-order chi connectivity index (χ1) is 7.06. The van der Waals surface area contributed by atoms with Crippen LogP contribution in [0.5, 0.6) is 5.75 Å². The van der Waals surface area contributed by atoms with Gasteiger partial charge in [0.15, 0.2) is 0 Å². The van der Waals surface area contributed by atoms with Gasteiger partial charge in [-0.15, -0.1) is 6.58 Å². The first kappa shape index (κ1) is 11.3. The van der Waals surface area contributed by atoms with Crippen LogP contribution in [0.25, 0.3) is 0 Å². The van der Waals surface area contributed by atoms with E-state index in [4.69, 9.17) is 5.73 Å². The van der Waals surface area contributed by atoms with Crippen molar-refractivity contribution in [2.45, 2.75) is 12.8 Å². The lowest BCUT2D eigenvalue weighted by atomic mass is 9.87. The number of allylic oxidation sites excluding steroid dienone is 1. The largest absolute Gasteiger partial charge is 0.508 e. The topological polar surface area (TPSA) is 63.3 Å². The monoisotopic (exact) mass is 205 g/mol. The van der Waals surface area contributed by atoms with Crippen molar-refractivity contribution >= 4 is 5.91 Å². The van der Waals surface area contributed by atoms with Gasteiger partial charge in [0.2, 0.25) is 5.91 Å². The summed E-state index contributed by atoms with van der Waals surface area (Å²) >= 11 is 0. The average molecular weight is 205 g/mol. The molecule has 0 aromatic heterocycles. The van der Waals surface area contributed by atoms with Gasteiger partial charge in [0.1, 0.15) is 5.75 Å². The highest BCUT2D eigenvalue weighted by Gasteiger charge is 2.20. The minimum absolute atomic E-state index is 0.158. The molecule has 1 aromatic rings. The van der Waals surface area contributed by atoms with Crippen LogP contribution in [0.1, 0.15) is 18.4 Å². The maximum absolute atomic E-state index is 11.1. The molecule has 3 heteroatoms. The van der Waals surface area contributed by atoms with Gasteiger partial charge in [0, 0.05) is 11.8 Å². The number of nitrogens with two attached hydrogens (primary N) is 1. The van der Waals surface area contributed by atoms with Crippen molar-refractivity contribution in [3.05, 3.63) is 42.5 Å². The van der Waals surface area contributed by atoms with Crippen molar-refractivity contribution in [3.8, 4) is 5.75 Å². The summed E-state index contributed by atoms with van der Waals surface area (Å²) in [6.45, 7) is 5.43. The number of hydrogen-bond donors (Lipinski definition) is 2. The number of rotatable bonds is 4. The Labute approximate surface area is 89.2 Å². The lowest BCUT2D eigenvalue weighted by molar-refractivity contribution is -0.121. The molecule has 1 amide bonds. The number of benzene rings is 1. The van der Waals surface area contributed by atoms with Gasteiger partial charge in [0.05, 0.1) is 0 Å². The third kappa shape index (κ3) is 2.59. The molecule has 80 valence electrons.